The Kier molecular flexibility index (Phi) is 5.77. The molecular weight excluding hydrogens is 282 g/mol. The van der Waals surface area contributed by atoms with Gasteiger partial charge in [-0.2, -0.15) is 0 Å². The molecule has 0 atom stereocenters. The summed E-state index contributed by atoms with van der Waals surface area (Å²) in [7, 11) is 0. The molecule has 0 spiro atoms. The molecule has 3 N–H and O–H groups in total. The van der Waals surface area contributed by atoms with Crippen LogP contribution in [0.15, 0.2) is 18.2 Å². The first-order valence-electron chi connectivity index (χ1n) is 7.68. The van der Waals surface area contributed by atoms with E-state index in [9.17, 15) is 9.59 Å². The first-order valence-corrected chi connectivity index (χ1v) is 7.68. The van der Waals surface area contributed by atoms with Crippen LogP contribution in [0.2, 0.25) is 0 Å². The number of aryl methyl sites for hydroxylation is 1. The van der Waals surface area contributed by atoms with Crippen LogP contribution >= 0.6 is 0 Å². The lowest BCUT2D eigenvalue weighted by Crippen LogP contribution is -2.33. The molecule has 0 saturated carbocycles. The molecule has 6 heteroatoms. The van der Waals surface area contributed by atoms with Crippen LogP contribution in [0, 0.1) is 6.92 Å². The minimum absolute atomic E-state index is 0.0266. The smallest absolute Gasteiger partial charge is 0.319 e. The van der Waals surface area contributed by atoms with Gasteiger partial charge in [0.05, 0.1) is 11.3 Å². The Morgan fingerprint density at radius 1 is 1.27 bits per heavy atom. The Bertz CT molecular complexity index is 539. The van der Waals surface area contributed by atoms with Gasteiger partial charge in [0.1, 0.15) is 0 Å². The minimum atomic E-state index is -0.366. The van der Waals surface area contributed by atoms with Crippen LogP contribution in [0.4, 0.5) is 10.5 Å². The quantitative estimate of drug-likeness (QED) is 0.725. The van der Waals surface area contributed by atoms with Crippen molar-refractivity contribution < 1.29 is 14.7 Å². The molecule has 120 valence electrons. The van der Waals surface area contributed by atoms with Gasteiger partial charge in [-0.3, -0.25) is 4.79 Å². The number of aliphatic hydroxyl groups is 1. The van der Waals surface area contributed by atoms with Crippen LogP contribution in [-0.4, -0.2) is 48.2 Å². The lowest BCUT2D eigenvalue weighted by atomic mass is 10.1. The zero-order chi connectivity index (χ0) is 15.9. The van der Waals surface area contributed by atoms with Crippen molar-refractivity contribution in [1.29, 1.82) is 0 Å². The van der Waals surface area contributed by atoms with E-state index in [2.05, 4.69) is 10.6 Å². The molecule has 1 aromatic carbocycles. The van der Waals surface area contributed by atoms with Gasteiger partial charge >= 0.3 is 6.03 Å². The number of aliphatic hydroxyl groups excluding tert-OH is 1. The minimum Gasteiger partial charge on any atom is -0.396 e. The van der Waals surface area contributed by atoms with Crippen LogP contribution in [0.5, 0.6) is 0 Å². The number of benzene rings is 1. The summed E-state index contributed by atoms with van der Waals surface area (Å²) in [4.78, 5) is 26.3. The Morgan fingerprint density at radius 3 is 2.68 bits per heavy atom. The Morgan fingerprint density at radius 2 is 2.00 bits per heavy atom. The summed E-state index contributed by atoms with van der Waals surface area (Å²) in [5.41, 5.74) is 1.94. The van der Waals surface area contributed by atoms with E-state index < -0.39 is 0 Å². The van der Waals surface area contributed by atoms with Crippen molar-refractivity contribution in [3.63, 3.8) is 0 Å². The van der Waals surface area contributed by atoms with Gasteiger partial charge in [0.15, 0.2) is 0 Å². The van der Waals surface area contributed by atoms with E-state index in [1.807, 2.05) is 24.0 Å². The second-order valence-corrected chi connectivity index (χ2v) is 5.45. The van der Waals surface area contributed by atoms with E-state index in [1.165, 1.54) is 0 Å². The average Bonchev–Trinajstić information content (AvgIpc) is 3.01. The normalized spacial score (nSPS) is 14.0. The number of rotatable bonds is 5. The highest BCUT2D eigenvalue weighted by atomic mass is 16.3. The van der Waals surface area contributed by atoms with E-state index in [4.69, 9.17) is 5.11 Å². The van der Waals surface area contributed by atoms with Crippen LogP contribution in [0.3, 0.4) is 0 Å². The predicted octanol–water partition coefficient (Wildman–Crippen LogP) is 1.73. The molecule has 0 radical (unpaired) electrons. The van der Waals surface area contributed by atoms with Gasteiger partial charge in [0.2, 0.25) is 0 Å². The van der Waals surface area contributed by atoms with Crippen molar-refractivity contribution in [2.75, 3.05) is 31.6 Å². The van der Waals surface area contributed by atoms with Gasteiger partial charge < -0.3 is 20.6 Å². The topological polar surface area (TPSA) is 81.7 Å². The molecule has 1 aliphatic rings. The summed E-state index contributed by atoms with van der Waals surface area (Å²) in [6.07, 6.45) is 2.56. The first-order chi connectivity index (χ1) is 10.6. The Hall–Kier alpha value is -2.08. The van der Waals surface area contributed by atoms with Crippen LogP contribution in [-0.2, 0) is 0 Å². The SMILES string of the molecule is Cc1cccc(NC(=O)NCCCO)c1C(=O)N1CCCC1. The van der Waals surface area contributed by atoms with Crippen molar-refractivity contribution >= 4 is 17.6 Å². The van der Waals surface area contributed by atoms with Crippen LogP contribution < -0.4 is 10.6 Å². The third-order valence-corrected chi connectivity index (χ3v) is 3.75. The van der Waals surface area contributed by atoms with Gasteiger partial charge in [0, 0.05) is 26.2 Å². The van der Waals surface area contributed by atoms with E-state index in [0.717, 1.165) is 31.5 Å². The van der Waals surface area contributed by atoms with Gasteiger partial charge in [-0.25, -0.2) is 4.79 Å². The van der Waals surface area contributed by atoms with Gasteiger partial charge in [-0.05, 0) is 37.8 Å². The van der Waals surface area contributed by atoms with E-state index in [0.29, 0.717) is 24.2 Å². The molecule has 6 nitrogen and oxygen atoms in total. The summed E-state index contributed by atoms with van der Waals surface area (Å²) >= 11 is 0. The molecule has 0 aliphatic carbocycles. The molecule has 22 heavy (non-hydrogen) atoms. The molecule has 1 fully saturated rings. The summed E-state index contributed by atoms with van der Waals surface area (Å²) in [5, 5.41) is 14.1. The third kappa shape index (κ3) is 3.98. The monoisotopic (exact) mass is 305 g/mol. The molecule has 3 amide bonds. The summed E-state index contributed by atoms with van der Waals surface area (Å²) in [6.45, 7) is 3.84. The molecule has 0 bridgehead atoms. The molecule has 2 rings (SSSR count). The number of nitrogens with zero attached hydrogens (tertiary/aromatic N) is 1. The second-order valence-electron chi connectivity index (χ2n) is 5.45. The largest absolute Gasteiger partial charge is 0.396 e. The molecule has 1 aliphatic heterocycles. The molecular formula is C16H23N3O3. The molecule has 0 unspecified atom stereocenters. The maximum atomic E-state index is 12.7. The zero-order valence-electron chi connectivity index (χ0n) is 12.9. The van der Waals surface area contributed by atoms with E-state index in [1.54, 1.807) is 6.07 Å². The predicted molar refractivity (Wildman–Crippen MR) is 85.0 cm³/mol. The summed E-state index contributed by atoms with van der Waals surface area (Å²) in [6, 6.07) is 5.06. The number of hydrogen-bond acceptors (Lipinski definition) is 3. The fourth-order valence-corrected chi connectivity index (χ4v) is 2.58. The number of likely N-dealkylation sites (tertiary alicyclic amines) is 1. The van der Waals surface area contributed by atoms with E-state index >= 15 is 0 Å². The molecule has 0 aromatic heterocycles. The van der Waals surface area contributed by atoms with Crippen LogP contribution in [0.1, 0.15) is 35.2 Å². The highest BCUT2D eigenvalue weighted by molar-refractivity contribution is 6.04. The standard InChI is InChI=1S/C16H23N3O3/c1-12-6-4-7-13(18-16(22)17-8-5-11-20)14(12)15(21)19-9-2-3-10-19/h4,6-7,20H,2-3,5,8-11H2,1H3,(H2,17,18,22). The number of carbonyl (C=O) groups excluding carboxylic acids is 2. The molecule has 1 aromatic rings. The number of urea groups is 1. The maximum absolute atomic E-state index is 12.7. The second kappa shape index (κ2) is 7.79. The van der Waals surface area contributed by atoms with Gasteiger partial charge in [0.25, 0.3) is 5.91 Å². The maximum Gasteiger partial charge on any atom is 0.319 e. The lowest BCUT2D eigenvalue weighted by Gasteiger charge is -2.19. The summed E-state index contributed by atoms with van der Waals surface area (Å²) < 4.78 is 0. The van der Waals surface area contributed by atoms with Crippen LogP contribution in [0.25, 0.3) is 0 Å². The lowest BCUT2D eigenvalue weighted by molar-refractivity contribution is 0.0793. The number of hydrogen-bond donors (Lipinski definition) is 3. The van der Waals surface area contributed by atoms with Gasteiger partial charge in [-0.15, -0.1) is 0 Å². The van der Waals surface area contributed by atoms with Crippen molar-refractivity contribution in [3.8, 4) is 0 Å². The first kappa shape index (κ1) is 16.3. The number of carbonyl (C=O) groups is 2. The summed E-state index contributed by atoms with van der Waals surface area (Å²) in [5.74, 6) is -0.0266. The molecule has 1 heterocycles. The number of anilines is 1. The van der Waals surface area contributed by atoms with E-state index in [-0.39, 0.29) is 18.5 Å². The van der Waals surface area contributed by atoms with Crippen molar-refractivity contribution in [2.45, 2.75) is 26.2 Å². The van der Waals surface area contributed by atoms with Crippen molar-refractivity contribution in [3.05, 3.63) is 29.3 Å². The molecule has 1 saturated heterocycles. The number of nitrogens with one attached hydrogen (secondary N) is 2. The fourth-order valence-electron chi connectivity index (χ4n) is 2.58. The van der Waals surface area contributed by atoms with Crippen molar-refractivity contribution in [1.82, 2.24) is 10.2 Å². The zero-order valence-corrected chi connectivity index (χ0v) is 12.9. The number of amides is 3. The Labute approximate surface area is 130 Å². The highest BCUT2D eigenvalue weighted by Gasteiger charge is 2.23. The van der Waals surface area contributed by atoms with Gasteiger partial charge in [-0.1, -0.05) is 12.1 Å². The Balaban J connectivity index is 2.12. The highest BCUT2D eigenvalue weighted by Crippen LogP contribution is 2.23. The average molecular weight is 305 g/mol. The third-order valence-electron chi connectivity index (χ3n) is 3.75. The fraction of sp³-hybridized carbons (Fsp3) is 0.500. The van der Waals surface area contributed by atoms with Crippen molar-refractivity contribution in [2.24, 2.45) is 0 Å².